The average molecular weight is 533 g/mol. The predicted molar refractivity (Wildman–Crippen MR) is 148 cm³/mol. The van der Waals surface area contributed by atoms with E-state index in [1.54, 1.807) is 18.3 Å². The third-order valence-corrected chi connectivity index (χ3v) is 11.7. The van der Waals surface area contributed by atoms with Crippen molar-refractivity contribution < 1.29 is 14.0 Å². The molecule has 2 aromatic heterocycles. The van der Waals surface area contributed by atoms with E-state index in [-0.39, 0.29) is 11.4 Å². The van der Waals surface area contributed by atoms with Gasteiger partial charge in [-0.15, -0.1) is 11.3 Å². The zero-order valence-corrected chi connectivity index (χ0v) is 23.3. The summed E-state index contributed by atoms with van der Waals surface area (Å²) in [5, 5.41) is 6.11. The van der Waals surface area contributed by atoms with Crippen LogP contribution >= 0.6 is 22.9 Å². The van der Waals surface area contributed by atoms with E-state index < -0.39 is 14.2 Å². The molecule has 0 bridgehead atoms. The molecule has 0 aliphatic heterocycles. The van der Waals surface area contributed by atoms with Crippen LogP contribution in [0.3, 0.4) is 0 Å². The van der Waals surface area contributed by atoms with Crippen LogP contribution in [0.15, 0.2) is 48.0 Å². The molecule has 188 valence electrons. The summed E-state index contributed by atoms with van der Waals surface area (Å²) >= 11 is 7.31. The SMILES string of the molecule is CC(C)(C)[Si](C)(C)OCCNc1ccc(-c2csc(C(N)=O)c2-c2ccc(Cl)cn2)cc1.NC=O. The summed E-state index contributed by atoms with van der Waals surface area (Å²) in [5.74, 6) is -0.465. The van der Waals surface area contributed by atoms with Crippen molar-refractivity contribution in [2.24, 2.45) is 11.5 Å². The lowest BCUT2D eigenvalue weighted by Gasteiger charge is -2.36. The maximum absolute atomic E-state index is 12.0. The van der Waals surface area contributed by atoms with Gasteiger partial charge in [0.1, 0.15) is 4.88 Å². The molecule has 7 nitrogen and oxygen atoms in total. The van der Waals surface area contributed by atoms with Gasteiger partial charge in [0.15, 0.2) is 8.32 Å². The number of aromatic nitrogens is 1. The molecule has 0 aliphatic carbocycles. The lowest BCUT2D eigenvalue weighted by molar-refractivity contribution is -0.106. The Morgan fingerprint density at radius 2 is 1.83 bits per heavy atom. The highest BCUT2D eigenvalue weighted by Gasteiger charge is 2.36. The molecule has 5 N–H and O–H groups in total. The molecule has 0 unspecified atom stereocenters. The van der Waals surface area contributed by atoms with Gasteiger partial charge in [-0.3, -0.25) is 14.6 Å². The Labute approximate surface area is 217 Å². The number of hydrogen-bond acceptors (Lipinski definition) is 6. The van der Waals surface area contributed by atoms with Crippen molar-refractivity contribution in [2.75, 3.05) is 18.5 Å². The van der Waals surface area contributed by atoms with Crippen LogP contribution in [0.5, 0.6) is 0 Å². The fourth-order valence-electron chi connectivity index (χ4n) is 3.02. The van der Waals surface area contributed by atoms with Gasteiger partial charge in [-0.2, -0.15) is 0 Å². The summed E-state index contributed by atoms with van der Waals surface area (Å²) in [6.07, 6.45) is 1.82. The van der Waals surface area contributed by atoms with Crippen LogP contribution in [0.4, 0.5) is 5.69 Å². The Balaban J connectivity index is 0.00000137. The molecule has 0 aliphatic rings. The van der Waals surface area contributed by atoms with Gasteiger partial charge in [-0.1, -0.05) is 44.5 Å². The lowest BCUT2D eigenvalue weighted by Crippen LogP contribution is -2.41. The molecule has 2 amide bonds. The maximum atomic E-state index is 12.0. The van der Waals surface area contributed by atoms with Crippen LogP contribution in [0, 0.1) is 0 Å². The number of hydrogen-bond donors (Lipinski definition) is 3. The van der Waals surface area contributed by atoms with E-state index in [2.05, 4.69) is 49.9 Å². The van der Waals surface area contributed by atoms with E-state index >= 15 is 0 Å². The van der Waals surface area contributed by atoms with Gasteiger partial charge in [0.05, 0.1) is 17.3 Å². The highest BCUT2D eigenvalue weighted by Crippen LogP contribution is 2.39. The van der Waals surface area contributed by atoms with E-state index in [9.17, 15) is 4.79 Å². The number of benzene rings is 1. The molecule has 0 radical (unpaired) electrons. The predicted octanol–water partition coefficient (Wildman–Crippen LogP) is 5.76. The van der Waals surface area contributed by atoms with Gasteiger partial charge in [0, 0.05) is 34.9 Å². The highest BCUT2D eigenvalue weighted by atomic mass is 35.5. The number of primary amides is 2. The Morgan fingerprint density at radius 3 is 2.34 bits per heavy atom. The van der Waals surface area contributed by atoms with Gasteiger partial charge in [0.25, 0.3) is 5.91 Å². The Bertz CT molecular complexity index is 1130. The average Bonchev–Trinajstić information content (AvgIpc) is 3.23. The molecule has 0 atom stereocenters. The number of thiophene rings is 1. The maximum Gasteiger partial charge on any atom is 0.259 e. The van der Waals surface area contributed by atoms with E-state index in [1.807, 2.05) is 29.6 Å². The summed E-state index contributed by atoms with van der Waals surface area (Å²) in [4.78, 5) is 25.5. The Hall–Kier alpha value is -2.72. The quantitative estimate of drug-likeness (QED) is 0.193. The first-order chi connectivity index (χ1) is 16.4. The van der Waals surface area contributed by atoms with Crippen LogP contribution in [-0.2, 0) is 9.22 Å². The number of amides is 2. The van der Waals surface area contributed by atoms with Crippen LogP contribution in [0.1, 0.15) is 30.4 Å². The van der Waals surface area contributed by atoms with Crippen LogP contribution in [-0.4, -0.2) is 38.8 Å². The summed E-state index contributed by atoms with van der Waals surface area (Å²) < 4.78 is 6.22. The number of nitrogens with one attached hydrogen (secondary N) is 1. The number of carbonyl (C=O) groups excluding carboxylic acids is 2. The lowest BCUT2D eigenvalue weighted by atomic mass is 9.99. The first-order valence-corrected chi connectivity index (χ1v) is 15.2. The second kappa shape index (κ2) is 12.3. The topological polar surface area (TPSA) is 120 Å². The fraction of sp³-hybridized carbons (Fsp3) is 0.320. The molecule has 3 aromatic rings. The number of carbonyl (C=O) groups is 2. The van der Waals surface area contributed by atoms with Gasteiger partial charge in [-0.25, -0.2) is 0 Å². The van der Waals surface area contributed by atoms with Crippen LogP contribution < -0.4 is 16.8 Å². The first kappa shape index (κ1) is 28.5. The smallest absolute Gasteiger partial charge is 0.259 e. The second-order valence-corrected chi connectivity index (χ2v) is 15.5. The van der Waals surface area contributed by atoms with Crippen molar-refractivity contribution in [2.45, 2.75) is 38.9 Å². The molecule has 10 heteroatoms. The third kappa shape index (κ3) is 7.63. The molecule has 0 saturated carbocycles. The van der Waals surface area contributed by atoms with Crippen molar-refractivity contribution in [3.05, 3.63) is 57.9 Å². The fourth-order valence-corrected chi connectivity index (χ4v) is 5.11. The number of anilines is 1. The zero-order valence-electron chi connectivity index (χ0n) is 20.7. The van der Waals surface area contributed by atoms with Crippen LogP contribution in [0.25, 0.3) is 22.4 Å². The Kier molecular flexibility index (Phi) is 10.0. The second-order valence-electron chi connectivity index (χ2n) is 9.33. The molecular formula is C25H33ClN4O3SSi. The van der Waals surface area contributed by atoms with Crippen molar-refractivity contribution in [3.63, 3.8) is 0 Å². The minimum atomic E-state index is -1.74. The minimum Gasteiger partial charge on any atom is -0.415 e. The molecule has 2 heterocycles. The Morgan fingerprint density at radius 1 is 1.20 bits per heavy atom. The molecular weight excluding hydrogens is 500 g/mol. The third-order valence-electron chi connectivity index (χ3n) is 5.89. The normalized spacial score (nSPS) is 11.4. The molecule has 1 aromatic carbocycles. The summed E-state index contributed by atoms with van der Waals surface area (Å²) in [5.41, 5.74) is 14.1. The van der Waals surface area contributed by atoms with Crippen molar-refractivity contribution in [1.29, 1.82) is 0 Å². The summed E-state index contributed by atoms with van der Waals surface area (Å²) in [6, 6.07) is 11.7. The number of halogens is 1. The van der Waals surface area contributed by atoms with Gasteiger partial charge in [0.2, 0.25) is 6.41 Å². The highest BCUT2D eigenvalue weighted by molar-refractivity contribution is 7.13. The minimum absolute atomic E-state index is 0.204. The van der Waals surface area contributed by atoms with Gasteiger partial charge in [-0.05, 0) is 48.0 Å². The van der Waals surface area contributed by atoms with E-state index in [4.69, 9.17) is 26.6 Å². The molecule has 0 spiro atoms. The van der Waals surface area contributed by atoms with Crippen molar-refractivity contribution in [3.8, 4) is 22.4 Å². The van der Waals surface area contributed by atoms with E-state index in [0.29, 0.717) is 22.2 Å². The number of nitrogens with two attached hydrogens (primary N) is 2. The molecule has 35 heavy (non-hydrogen) atoms. The van der Waals surface area contributed by atoms with Crippen molar-refractivity contribution in [1.82, 2.24) is 4.98 Å². The van der Waals surface area contributed by atoms with E-state index in [1.165, 1.54) is 11.3 Å². The first-order valence-electron chi connectivity index (χ1n) is 11.1. The van der Waals surface area contributed by atoms with Gasteiger partial charge >= 0.3 is 0 Å². The van der Waals surface area contributed by atoms with E-state index in [0.717, 1.165) is 28.9 Å². The zero-order chi connectivity index (χ0) is 26.2. The van der Waals surface area contributed by atoms with Crippen LogP contribution in [0.2, 0.25) is 23.2 Å². The molecule has 3 rings (SSSR count). The largest absolute Gasteiger partial charge is 0.415 e. The number of pyridine rings is 1. The summed E-state index contributed by atoms with van der Waals surface area (Å²) in [7, 11) is -1.74. The van der Waals surface area contributed by atoms with Gasteiger partial charge < -0.3 is 21.2 Å². The number of rotatable bonds is 8. The van der Waals surface area contributed by atoms with Crippen molar-refractivity contribution >= 4 is 49.3 Å². The molecule has 0 saturated heterocycles. The number of nitrogens with zero attached hydrogens (tertiary/aromatic N) is 1. The summed E-state index contributed by atoms with van der Waals surface area (Å²) in [6.45, 7) is 12.7. The standard InChI is InChI=1S/C24H30ClN3O2SSi.CH3NO/c1-24(2,3)32(4,5)30-13-12-27-18-9-6-16(7-10-18)19-15-31-22(23(26)29)21(19)20-11-8-17(25)14-28-20;2-1-3/h6-11,14-15,27H,12-13H2,1-5H3,(H2,26,29);1H,(H2,2,3). The monoisotopic (exact) mass is 532 g/mol. The molecule has 0 fully saturated rings.